The summed E-state index contributed by atoms with van der Waals surface area (Å²) in [6, 6.07) is 4.87. The molecule has 3 aliphatic heterocycles. The van der Waals surface area contributed by atoms with Crippen LogP contribution >= 0.6 is 0 Å². The van der Waals surface area contributed by atoms with Gasteiger partial charge in [-0.15, -0.1) is 0 Å². The monoisotopic (exact) mass is 403 g/mol. The third-order valence-corrected chi connectivity index (χ3v) is 6.68. The molecule has 1 spiro atoms. The molecular formula is C22H30FN3O3. The van der Waals surface area contributed by atoms with Crippen LogP contribution in [0.2, 0.25) is 0 Å². The second kappa shape index (κ2) is 8.30. The SMILES string of the molecule is COc1ccc(F)c(CN2CCC[C@]3(CCN(C(=O)CN4CCCC4=O)C3)C2)c1. The van der Waals surface area contributed by atoms with E-state index in [2.05, 4.69) is 4.90 Å². The van der Waals surface area contributed by atoms with Crippen molar-refractivity contribution in [2.75, 3.05) is 46.4 Å². The molecule has 1 aromatic rings. The summed E-state index contributed by atoms with van der Waals surface area (Å²) in [4.78, 5) is 30.5. The van der Waals surface area contributed by atoms with E-state index in [1.807, 2.05) is 4.90 Å². The number of benzene rings is 1. The molecule has 7 heteroatoms. The Hall–Kier alpha value is -2.15. The zero-order valence-electron chi connectivity index (χ0n) is 17.2. The Morgan fingerprint density at radius 3 is 2.79 bits per heavy atom. The van der Waals surface area contributed by atoms with Crippen LogP contribution in [0.1, 0.15) is 37.7 Å². The molecule has 0 aromatic heterocycles. The van der Waals surface area contributed by atoms with Crippen LogP contribution < -0.4 is 4.74 Å². The van der Waals surface area contributed by atoms with Gasteiger partial charge in [0.2, 0.25) is 11.8 Å². The van der Waals surface area contributed by atoms with Crippen LogP contribution in [0.5, 0.6) is 5.75 Å². The maximum Gasteiger partial charge on any atom is 0.242 e. The van der Waals surface area contributed by atoms with Crippen molar-refractivity contribution in [1.82, 2.24) is 14.7 Å². The molecule has 1 aromatic carbocycles. The number of carbonyl (C=O) groups excluding carboxylic acids is 2. The van der Waals surface area contributed by atoms with Crippen molar-refractivity contribution in [3.05, 3.63) is 29.6 Å². The molecule has 0 bridgehead atoms. The molecule has 3 saturated heterocycles. The average Bonchev–Trinajstić information content (AvgIpc) is 3.30. The van der Waals surface area contributed by atoms with Crippen molar-refractivity contribution in [3.63, 3.8) is 0 Å². The molecule has 1 atom stereocenters. The number of likely N-dealkylation sites (tertiary alicyclic amines) is 3. The third kappa shape index (κ3) is 4.39. The first-order valence-electron chi connectivity index (χ1n) is 10.6. The van der Waals surface area contributed by atoms with Gasteiger partial charge in [0.1, 0.15) is 11.6 Å². The Kier molecular flexibility index (Phi) is 5.76. The van der Waals surface area contributed by atoms with Gasteiger partial charge in [0.15, 0.2) is 0 Å². The van der Waals surface area contributed by atoms with E-state index < -0.39 is 0 Å². The molecule has 29 heavy (non-hydrogen) atoms. The molecule has 0 unspecified atom stereocenters. The Morgan fingerprint density at radius 2 is 2.03 bits per heavy atom. The number of nitrogens with zero attached hydrogens (tertiary/aromatic N) is 3. The van der Waals surface area contributed by atoms with E-state index in [-0.39, 0.29) is 29.6 Å². The normalized spacial score (nSPS) is 25.2. The van der Waals surface area contributed by atoms with Crippen molar-refractivity contribution in [2.45, 2.75) is 38.6 Å². The van der Waals surface area contributed by atoms with Crippen molar-refractivity contribution in [3.8, 4) is 5.75 Å². The summed E-state index contributed by atoms with van der Waals surface area (Å²) < 4.78 is 19.5. The minimum absolute atomic E-state index is 0.0630. The van der Waals surface area contributed by atoms with Gasteiger partial charge in [0.25, 0.3) is 0 Å². The van der Waals surface area contributed by atoms with Gasteiger partial charge in [-0.1, -0.05) is 0 Å². The van der Waals surface area contributed by atoms with Gasteiger partial charge in [-0.25, -0.2) is 4.39 Å². The number of halogens is 1. The first kappa shape index (κ1) is 20.1. The third-order valence-electron chi connectivity index (χ3n) is 6.68. The summed E-state index contributed by atoms with van der Waals surface area (Å²) in [5.41, 5.74) is 0.734. The topological polar surface area (TPSA) is 53.1 Å². The fourth-order valence-corrected chi connectivity index (χ4v) is 5.10. The summed E-state index contributed by atoms with van der Waals surface area (Å²) >= 11 is 0. The highest BCUT2D eigenvalue weighted by molar-refractivity contribution is 5.86. The van der Waals surface area contributed by atoms with Gasteiger partial charge < -0.3 is 14.5 Å². The van der Waals surface area contributed by atoms with Crippen LogP contribution in [0.15, 0.2) is 18.2 Å². The van der Waals surface area contributed by atoms with Gasteiger partial charge in [-0.3, -0.25) is 14.5 Å². The Morgan fingerprint density at radius 1 is 1.17 bits per heavy atom. The zero-order valence-corrected chi connectivity index (χ0v) is 17.2. The molecule has 3 aliphatic rings. The molecule has 0 aliphatic carbocycles. The molecule has 0 N–H and O–H groups in total. The fraction of sp³-hybridized carbons (Fsp3) is 0.636. The van der Waals surface area contributed by atoms with Crippen LogP contribution in [0.4, 0.5) is 4.39 Å². The van der Waals surface area contributed by atoms with E-state index in [1.54, 1.807) is 24.1 Å². The standard InChI is InChI=1S/C22H30FN3O3/c1-29-18-5-6-19(23)17(12-18)13-24-9-3-7-22(15-24)8-11-26(16-22)21(28)14-25-10-2-4-20(25)27/h5-6,12H,2-4,7-11,13-16H2,1H3/t22-/m0/s1. The molecule has 2 amide bonds. The Balaban J connectivity index is 1.37. The Bertz CT molecular complexity index is 787. The zero-order chi connectivity index (χ0) is 20.4. The lowest BCUT2D eigenvalue weighted by atomic mass is 9.79. The summed E-state index contributed by atoms with van der Waals surface area (Å²) in [6.07, 6.45) is 4.54. The smallest absolute Gasteiger partial charge is 0.242 e. The van der Waals surface area contributed by atoms with Gasteiger partial charge in [0.05, 0.1) is 13.7 Å². The minimum atomic E-state index is -0.205. The summed E-state index contributed by atoms with van der Waals surface area (Å²) in [5, 5.41) is 0. The number of piperidine rings is 1. The second-order valence-electron chi connectivity index (χ2n) is 8.76. The van der Waals surface area contributed by atoms with Gasteiger partial charge in [0, 0.05) is 50.1 Å². The average molecular weight is 403 g/mol. The molecule has 0 saturated carbocycles. The molecule has 158 valence electrons. The first-order chi connectivity index (χ1) is 14.0. The molecule has 0 radical (unpaired) electrons. The molecular weight excluding hydrogens is 373 g/mol. The lowest BCUT2D eigenvalue weighted by Crippen LogP contribution is -2.46. The van der Waals surface area contributed by atoms with Crippen LogP contribution in [-0.4, -0.2) is 72.9 Å². The lowest BCUT2D eigenvalue weighted by Gasteiger charge is -2.40. The number of amides is 2. The van der Waals surface area contributed by atoms with E-state index in [0.717, 1.165) is 51.9 Å². The predicted molar refractivity (Wildman–Crippen MR) is 107 cm³/mol. The molecule has 3 heterocycles. The molecule has 4 rings (SSSR count). The van der Waals surface area contributed by atoms with Gasteiger partial charge >= 0.3 is 0 Å². The van der Waals surface area contributed by atoms with Crippen molar-refractivity contribution in [1.29, 1.82) is 0 Å². The first-order valence-corrected chi connectivity index (χ1v) is 10.6. The highest BCUT2D eigenvalue weighted by Crippen LogP contribution is 2.39. The van der Waals surface area contributed by atoms with Crippen molar-refractivity contribution < 1.29 is 18.7 Å². The Labute approximate surface area is 171 Å². The maximum absolute atomic E-state index is 14.3. The summed E-state index contributed by atoms with van der Waals surface area (Å²) in [7, 11) is 1.59. The number of methoxy groups -OCH3 is 1. The van der Waals surface area contributed by atoms with E-state index in [4.69, 9.17) is 4.74 Å². The summed E-state index contributed by atoms with van der Waals surface area (Å²) in [6.45, 7) is 4.77. The van der Waals surface area contributed by atoms with Crippen LogP contribution in [0.25, 0.3) is 0 Å². The second-order valence-corrected chi connectivity index (χ2v) is 8.76. The van der Waals surface area contributed by atoms with E-state index >= 15 is 0 Å². The number of carbonyl (C=O) groups is 2. The van der Waals surface area contributed by atoms with E-state index in [0.29, 0.717) is 30.8 Å². The van der Waals surface area contributed by atoms with E-state index in [9.17, 15) is 14.0 Å². The molecule has 3 fully saturated rings. The van der Waals surface area contributed by atoms with Gasteiger partial charge in [-0.05, 0) is 50.4 Å². The number of hydrogen-bond donors (Lipinski definition) is 0. The maximum atomic E-state index is 14.3. The number of ether oxygens (including phenoxy) is 1. The van der Waals surface area contributed by atoms with Crippen LogP contribution in [-0.2, 0) is 16.1 Å². The number of hydrogen-bond acceptors (Lipinski definition) is 4. The predicted octanol–water partition coefficient (Wildman–Crippen LogP) is 2.27. The van der Waals surface area contributed by atoms with Crippen LogP contribution in [0, 0.1) is 11.2 Å². The van der Waals surface area contributed by atoms with Crippen LogP contribution in [0.3, 0.4) is 0 Å². The highest BCUT2D eigenvalue weighted by Gasteiger charge is 2.43. The number of rotatable bonds is 5. The largest absolute Gasteiger partial charge is 0.497 e. The lowest BCUT2D eigenvalue weighted by molar-refractivity contribution is -0.138. The fourth-order valence-electron chi connectivity index (χ4n) is 5.10. The van der Waals surface area contributed by atoms with Crippen molar-refractivity contribution >= 4 is 11.8 Å². The van der Waals surface area contributed by atoms with Crippen molar-refractivity contribution in [2.24, 2.45) is 5.41 Å². The van der Waals surface area contributed by atoms with E-state index in [1.165, 1.54) is 6.07 Å². The highest BCUT2D eigenvalue weighted by atomic mass is 19.1. The quantitative estimate of drug-likeness (QED) is 0.757. The van der Waals surface area contributed by atoms with Gasteiger partial charge in [-0.2, -0.15) is 0 Å². The molecule has 6 nitrogen and oxygen atoms in total. The minimum Gasteiger partial charge on any atom is -0.497 e. The summed E-state index contributed by atoms with van der Waals surface area (Å²) in [5.74, 6) is 0.621.